The molecule has 174 valence electrons. The van der Waals surface area contributed by atoms with Crippen molar-refractivity contribution in [3.05, 3.63) is 17.7 Å². The zero-order valence-electron chi connectivity index (χ0n) is 18.7. The molecule has 0 aromatic heterocycles. The molecular formula is C24H26N2O7. The zero-order valence-corrected chi connectivity index (χ0v) is 18.7. The van der Waals surface area contributed by atoms with E-state index in [2.05, 4.69) is 4.90 Å². The van der Waals surface area contributed by atoms with Gasteiger partial charge in [-0.3, -0.25) is 14.6 Å². The van der Waals surface area contributed by atoms with Gasteiger partial charge in [0.25, 0.3) is 0 Å². The maximum absolute atomic E-state index is 13.9. The van der Waals surface area contributed by atoms with Crippen molar-refractivity contribution in [2.45, 2.75) is 49.1 Å². The number of anilines is 1. The Morgan fingerprint density at radius 2 is 1.97 bits per heavy atom. The monoisotopic (exact) mass is 454 g/mol. The summed E-state index contributed by atoms with van der Waals surface area (Å²) in [4.78, 5) is 45.1. The number of esters is 1. The van der Waals surface area contributed by atoms with E-state index in [-0.39, 0.29) is 24.0 Å². The van der Waals surface area contributed by atoms with Crippen LogP contribution in [0.4, 0.5) is 10.5 Å². The molecule has 1 aromatic rings. The largest absolute Gasteiger partial charge is 0.467 e. The first kappa shape index (κ1) is 19.6. The zero-order chi connectivity index (χ0) is 22.8. The van der Waals surface area contributed by atoms with Gasteiger partial charge in [0.2, 0.25) is 6.79 Å². The Labute approximate surface area is 190 Å². The van der Waals surface area contributed by atoms with Crippen LogP contribution in [0.5, 0.6) is 11.5 Å². The lowest BCUT2D eigenvalue weighted by atomic mass is 9.41. The molecule has 4 heterocycles. The topological polar surface area (TPSA) is 94.6 Å². The van der Waals surface area contributed by atoms with E-state index in [0.29, 0.717) is 43.0 Å². The highest BCUT2D eigenvalue weighted by molar-refractivity contribution is 6.08. The van der Waals surface area contributed by atoms with Crippen LogP contribution in [0.15, 0.2) is 12.1 Å². The molecule has 9 heteroatoms. The molecule has 0 N–H and O–H groups in total. The number of hydrogen-bond acceptors (Lipinski definition) is 8. The molecule has 4 fully saturated rings. The number of methoxy groups -OCH3 is 2. The van der Waals surface area contributed by atoms with Crippen LogP contribution in [-0.2, 0) is 24.5 Å². The number of hydrogen-bond donors (Lipinski definition) is 0. The average Bonchev–Trinajstić information content (AvgIpc) is 3.49. The van der Waals surface area contributed by atoms with Crippen LogP contribution < -0.4 is 14.4 Å². The highest BCUT2D eigenvalue weighted by atomic mass is 16.7. The van der Waals surface area contributed by atoms with Crippen molar-refractivity contribution in [2.24, 2.45) is 11.3 Å². The second kappa shape index (κ2) is 6.00. The fraction of sp³-hybridized carbons (Fsp3) is 0.625. The predicted octanol–water partition coefficient (Wildman–Crippen LogP) is 2.00. The van der Waals surface area contributed by atoms with Gasteiger partial charge in [0.15, 0.2) is 17.0 Å². The van der Waals surface area contributed by atoms with E-state index < -0.39 is 28.9 Å². The molecule has 2 unspecified atom stereocenters. The number of nitrogens with zero attached hydrogens (tertiary/aromatic N) is 2. The molecule has 1 spiro atoms. The summed E-state index contributed by atoms with van der Waals surface area (Å²) in [5, 5.41) is 0. The van der Waals surface area contributed by atoms with Crippen molar-refractivity contribution < 1.29 is 33.3 Å². The second-order valence-corrected chi connectivity index (χ2v) is 10.3. The highest BCUT2D eigenvalue weighted by Crippen LogP contribution is 2.75. The molecule has 5 atom stereocenters. The van der Waals surface area contributed by atoms with Gasteiger partial charge in [-0.05, 0) is 49.3 Å². The van der Waals surface area contributed by atoms with Gasteiger partial charge in [0.1, 0.15) is 5.78 Å². The number of piperidine rings is 1. The van der Waals surface area contributed by atoms with E-state index in [1.807, 2.05) is 12.1 Å². The Hall–Kier alpha value is -2.81. The van der Waals surface area contributed by atoms with Gasteiger partial charge in [0, 0.05) is 24.9 Å². The van der Waals surface area contributed by atoms with E-state index in [1.165, 1.54) is 19.1 Å². The van der Waals surface area contributed by atoms with E-state index >= 15 is 0 Å². The minimum atomic E-state index is -1.39. The van der Waals surface area contributed by atoms with Crippen molar-refractivity contribution >= 4 is 23.5 Å². The van der Waals surface area contributed by atoms with Crippen LogP contribution in [0.3, 0.4) is 0 Å². The number of ketones is 1. The van der Waals surface area contributed by atoms with Gasteiger partial charge in [0.05, 0.1) is 25.3 Å². The van der Waals surface area contributed by atoms with Crippen LogP contribution in [0.25, 0.3) is 0 Å². The van der Waals surface area contributed by atoms with Gasteiger partial charge in [-0.15, -0.1) is 0 Å². The van der Waals surface area contributed by atoms with Crippen molar-refractivity contribution in [1.82, 2.24) is 4.90 Å². The van der Waals surface area contributed by atoms with Gasteiger partial charge in [-0.2, -0.15) is 0 Å². The molecule has 7 rings (SSSR count). The molecule has 4 bridgehead atoms. The third kappa shape index (κ3) is 1.84. The lowest BCUT2D eigenvalue weighted by Gasteiger charge is -2.64. The highest BCUT2D eigenvalue weighted by Gasteiger charge is 2.84. The lowest BCUT2D eigenvalue weighted by molar-refractivity contribution is -0.166. The molecule has 1 aromatic carbocycles. The molecule has 33 heavy (non-hydrogen) atoms. The van der Waals surface area contributed by atoms with Gasteiger partial charge in [-0.1, -0.05) is 6.07 Å². The number of ether oxygens (including phenoxy) is 4. The van der Waals surface area contributed by atoms with Crippen LogP contribution >= 0.6 is 0 Å². The lowest BCUT2D eigenvalue weighted by Crippen LogP contribution is -2.78. The summed E-state index contributed by atoms with van der Waals surface area (Å²) in [6.45, 7) is 1.50. The van der Waals surface area contributed by atoms with E-state index in [4.69, 9.17) is 18.9 Å². The predicted molar refractivity (Wildman–Crippen MR) is 113 cm³/mol. The molecule has 2 saturated heterocycles. The Bertz CT molecular complexity index is 1140. The number of carbonyl (C=O) groups excluding carboxylic acids is 3. The van der Waals surface area contributed by atoms with Gasteiger partial charge < -0.3 is 18.9 Å². The Morgan fingerprint density at radius 3 is 2.76 bits per heavy atom. The minimum Gasteiger partial charge on any atom is -0.467 e. The fourth-order valence-corrected chi connectivity index (χ4v) is 8.76. The van der Waals surface area contributed by atoms with Crippen molar-refractivity contribution in [1.29, 1.82) is 0 Å². The Morgan fingerprint density at radius 1 is 1.12 bits per heavy atom. The van der Waals surface area contributed by atoms with E-state index in [1.54, 1.807) is 0 Å². The van der Waals surface area contributed by atoms with E-state index in [9.17, 15) is 14.4 Å². The number of rotatable bonds is 1. The summed E-state index contributed by atoms with van der Waals surface area (Å²) in [5.41, 5.74) is -1.22. The first-order valence-electron chi connectivity index (χ1n) is 11.6. The third-order valence-corrected chi connectivity index (χ3v) is 9.49. The fourth-order valence-electron chi connectivity index (χ4n) is 8.76. The second-order valence-electron chi connectivity index (χ2n) is 10.3. The van der Waals surface area contributed by atoms with E-state index in [0.717, 1.165) is 24.9 Å². The first-order valence-corrected chi connectivity index (χ1v) is 11.6. The Balaban J connectivity index is 1.63. The van der Waals surface area contributed by atoms with Gasteiger partial charge >= 0.3 is 12.1 Å². The summed E-state index contributed by atoms with van der Waals surface area (Å²) in [6, 6.07) is 3.73. The molecule has 9 nitrogen and oxygen atoms in total. The van der Waals surface area contributed by atoms with Crippen LogP contribution in [0.2, 0.25) is 0 Å². The minimum absolute atomic E-state index is 0.0286. The summed E-state index contributed by atoms with van der Waals surface area (Å²) < 4.78 is 22.2. The average molecular weight is 454 g/mol. The molecule has 1 amide bonds. The summed E-state index contributed by atoms with van der Waals surface area (Å²) in [5.74, 6) is 0.206. The van der Waals surface area contributed by atoms with Crippen molar-refractivity contribution in [3.8, 4) is 11.5 Å². The number of benzene rings is 1. The van der Waals surface area contributed by atoms with Crippen LogP contribution in [0.1, 0.15) is 37.7 Å². The SMILES string of the molecule is COC(=O)N1c2c(ccc3c2OCO3)[C@@]23C4CN5CCCC(CC[C@]12C(=O)OC)(CC4=O)[C@H]53. The maximum atomic E-state index is 13.9. The normalized spacial score (nSPS) is 39.2. The molecule has 0 radical (unpaired) electrons. The van der Waals surface area contributed by atoms with Crippen molar-refractivity contribution in [3.63, 3.8) is 0 Å². The number of carbonyl (C=O) groups is 3. The molecule has 2 aliphatic carbocycles. The maximum Gasteiger partial charge on any atom is 0.415 e. The number of Topliss-reactive ketones (excluding diaryl/α,β-unsaturated/α-hetero) is 1. The number of amides is 1. The van der Waals surface area contributed by atoms with Crippen LogP contribution in [0, 0.1) is 11.3 Å². The number of fused-ring (bicyclic) bond motifs is 3. The molecular weight excluding hydrogens is 428 g/mol. The van der Waals surface area contributed by atoms with Gasteiger partial charge in [-0.25, -0.2) is 9.59 Å². The first-order chi connectivity index (χ1) is 16.0. The molecule has 6 aliphatic rings. The quantitative estimate of drug-likeness (QED) is 0.595. The summed E-state index contributed by atoms with van der Waals surface area (Å²) in [6.07, 6.45) is 2.94. The third-order valence-electron chi connectivity index (χ3n) is 9.49. The standard InChI is InChI=1S/C24H26N2O7/c1-30-20(28)23-8-7-22-6-3-9-25-11-14(15(27)10-22)24(23,19(22)25)13-4-5-16-18(33-12-32-16)17(13)26(23)21(29)31-2/h4-5,14,19H,3,6-12H2,1-2H3/t14?,19-,22?,23+,24-/m0/s1. The molecule has 4 aliphatic heterocycles. The molecule has 2 saturated carbocycles. The summed E-state index contributed by atoms with van der Waals surface area (Å²) >= 11 is 0. The van der Waals surface area contributed by atoms with Crippen molar-refractivity contribution in [2.75, 3.05) is 39.0 Å². The van der Waals surface area contributed by atoms with Crippen LogP contribution in [-0.4, -0.2) is 68.4 Å². The summed E-state index contributed by atoms with van der Waals surface area (Å²) in [7, 11) is 2.66. The smallest absolute Gasteiger partial charge is 0.415 e. The Kier molecular flexibility index (Phi) is 3.57.